The van der Waals surface area contributed by atoms with Crippen LogP contribution < -0.4 is 5.32 Å². The monoisotopic (exact) mass is 588 g/mol. The first-order chi connectivity index (χ1) is 19.8. The lowest BCUT2D eigenvalue weighted by molar-refractivity contribution is 0.0943. The van der Waals surface area contributed by atoms with Gasteiger partial charge >= 0.3 is 0 Å². The molecule has 6 heteroatoms. The highest BCUT2D eigenvalue weighted by atomic mass is 35.5. The van der Waals surface area contributed by atoms with E-state index in [0.717, 1.165) is 43.3 Å². The average Bonchev–Trinajstić information content (AvgIpc) is 3.46. The van der Waals surface area contributed by atoms with Gasteiger partial charge in [0.05, 0.1) is 16.6 Å². The van der Waals surface area contributed by atoms with Gasteiger partial charge in [-0.3, -0.25) is 9.59 Å². The van der Waals surface area contributed by atoms with E-state index in [0.29, 0.717) is 17.0 Å². The zero-order chi connectivity index (χ0) is 29.9. The second-order valence-corrected chi connectivity index (χ2v) is 11.3. The van der Waals surface area contributed by atoms with Crippen LogP contribution in [-0.4, -0.2) is 43.0 Å². The van der Waals surface area contributed by atoms with E-state index in [2.05, 4.69) is 60.5 Å². The molecule has 0 aromatic heterocycles. The molecule has 1 N–H and O–H groups in total. The lowest BCUT2D eigenvalue weighted by Gasteiger charge is -2.28. The van der Waals surface area contributed by atoms with Gasteiger partial charge < -0.3 is 10.2 Å². The van der Waals surface area contributed by atoms with Crippen molar-refractivity contribution in [3.63, 3.8) is 0 Å². The van der Waals surface area contributed by atoms with Crippen LogP contribution in [0.3, 0.4) is 0 Å². The Balaban J connectivity index is 0.000000294. The summed E-state index contributed by atoms with van der Waals surface area (Å²) in [6.07, 6.45) is 11.6. The second kappa shape index (κ2) is 15.8. The molecule has 0 saturated carbocycles. The number of halogens is 1. The number of nitrogens with zero attached hydrogens (tertiary/aromatic N) is 1. The largest absolute Gasteiger partial charge is 0.345 e. The summed E-state index contributed by atoms with van der Waals surface area (Å²) in [6.45, 7) is 11.8. The van der Waals surface area contributed by atoms with Crippen LogP contribution in [0.5, 0.6) is 0 Å². The maximum absolute atomic E-state index is 13.1. The van der Waals surface area contributed by atoms with Gasteiger partial charge in [-0.25, -0.2) is 0 Å². The van der Waals surface area contributed by atoms with Gasteiger partial charge in [-0.05, 0) is 97.1 Å². The second-order valence-electron chi connectivity index (χ2n) is 10.0. The minimum Gasteiger partial charge on any atom is -0.345 e. The first kappa shape index (κ1) is 32.4. The first-order valence-electron chi connectivity index (χ1n) is 14.1. The topological polar surface area (TPSA) is 49.4 Å². The van der Waals surface area contributed by atoms with Gasteiger partial charge in [0.1, 0.15) is 6.29 Å². The van der Waals surface area contributed by atoms with Crippen LogP contribution >= 0.6 is 23.4 Å². The number of hydrogen-bond donors (Lipinski definition) is 1. The van der Waals surface area contributed by atoms with Crippen molar-refractivity contribution in [3.8, 4) is 0 Å². The third-order valence-electron chi connectivity index (χ3n) is 7.29. The molecule has 0 fully saturated rings. The number of thioether (sulfide) groups is 1. The van der Waals surface area contributed by atoms with Crippen LogP contribution in [0.2, 0.25) is 5.02 Å². The molecule has 5 rings (SSSR count). The minimum atomic E-state index is -0.151. The Hall–Kier alpha value is -3.12. The molecule has 1 heterocycles. The summed E-state index contributed by atoms with van der Waals surface area (Å²) in [5, 5.41) is 3.63. The van der Waals surface area contributed by atoms with Crippen molar-refractivity contribution in [2.24, 2.45) is 0 Å². The molecule has 1 amide bonds. The fraction of sp³-hybridized carbons (Fsp3) is 0.314. The van der Waals surface area contributed by atoms with Gasteiger partial charge in [0.2, 0.25) is 0 Å². The molecule has 3 aromatic carbocycles. The van der Waals surface area contributed by atoms with Crippen LogP contribution in [0.4, 0.5) is 0 Å². The third-order valence-corrected chi connectivity index (χ3v) is 8.32. The van der Waals surface area contributed by atoms with Gasteiger partial charge in [-0.2, -0.15) is 0 Å². The van der Waals surface area contributed by atoms with Gasteiger partial charge in [-0.1, -0.05) is 67.9 Å². The molecular formula is C35H41ClN2O2S. The number of nitrogens with one attached hydrogen (secondary N) is 1. The third kappa shape index (κ3) is 8.45. The first-order valence-corrected chi connectivity index (χ1v) is 15.7. The zero-order valence-corrected chi connectivity index (χ0v) is 26.4. The van der Waals surface area contributed by atoms with Gasteiger partial charge in [0, 0.05) is 23.5 Å². The van der Waals surface area contributed by atoms with Crippen molar-refractivity contribution < 1.29 is 9.59 Å². The SMILES string of the molecule is C=CC(Cc1cccc(SC)c1)NC(=O)c1c(Cl)cc2c(c1C)CCN(C)C2.CC.O=Cc1ccc2c(c1)CC=C2. The Morgan fingerprint density at radius 1 is 1.17 bits per heavy atom. The van der Waals surface area contributed by atoms with E-state index in [1.54, 1.807) is 17.8 Å². The predicted octanol–water partition coefficient (Wildman–Crippen LogP) is 7.98. The fourth-order valence-electron chi connectivity index (χ4n) is 5.16. The molecule has 4 nitrogen and oxygen atoms in total. The van der Waals surface area contributed by atoms with E-state index in [4.69, 9.17) is 11.6 Å². The summed E-state index contributed by atoms with van der Waals surface area (Å²) in [4.78, 5) is 26.9. The number of hydrogen-bond acceptors (Lipinski definition) is 4. The highest BCUT2D eigenvalue weighted by Gasteiger charge is 2.24. The van der Waals surface area contributed by atoms with Crippen LogP contribution in [0.15, 0.2) is 72.2 Å². The molecule has 1 aliphatic heterocycles. The summed E-state index contributed by atoms with van der Waals surface area (Å²) in [6, 6.07) is 16.0. The van der Waals surface area contributed by atoms with E-state index in [9.17, 15) is 9.59 Å². The summed E-state index contributed by atoms with van der Waals surface area (Å²) >= 11 is 8.24. The lowest BCUT2D eigenvalue weighted by atomic mass is 9.91. The molecule has 2 aliphatic rings. The van der Waals surface area contributed by atoms with Crippen LogP contribution in [-0.2, 0) is 25.8 Å². The van der Waals surface area contributed by atoms with Gasteiger partial charge in [0.15, 0.2) is 0 Å². The average molecular weight is 589 g/mol. The number of rotatable bonds is 7. The smallest absolute Gasteiger partial charge is 0.253 e. The molecule has 1 atom stereocenters. The molecule has 216 valence electrons. The minimum absolute atomic E-state index is 0.129. The molecule has 0 saturated heterocycles. The Morgan fingerprint density at radius 2 is 1.95 bits per heavy atom. The molecule has 0 bridgehead atoms. The summed E-state index contributed by atoms with van der Waals surface area (Å²) in [5.41, 5.74) is 8.53. The Morgan fingerprint density at radius 3 is 2.66 bits per heavy atom. The Kier molecular flexibility index (Phi) is 12.5. The van der Waals surface area contributed by atoms with E-state index in [1.165, 1.54) is 32.7 Å². The van der Waals surface area contributed by atoms with Crippen molar-refractivity contribution in [3.05, 3.63) is 117 Å². The summed E-state index contributed by atoms with van der Waals surface area (Å²) in [5.74, 6) is -0.129. The van der Waals surface area contributed by atoms with Crippen LogP contribution in [0.1, 0.15) is 67.9 Å². The number of carbonyl (C=O) groups is 2. The van der Waals surface area contributed by atoms with E-state index in [1.807, 2.05) is 51.1 Å². The van der Waals surface area contributed by atoms with Crippen molar-refractivity contribution in [1.29, 1.82) is 0 Å². The number of amides is 1. The number of fused-ring (bicyclic) bond motifs is 2. The number of carbonyl (C=O) groups excluding carboxylic acids is 2. The maximum atomic E-state index is 13.1. The zero-order valence-electron chi connectivity index (χ0n) is 24.8. The number of allylic oxidation sites excluding steroid dienone is 1. The maximum Gasteiger partial charge on any atom is 0.253 e. The summed E-state index contributed by atoms with van der Waals surface area (Å²) < 4.78 is 0. The standard InChI is InChI=1S/C23H27ClN2OS.C10H8O.C2H6/c1-5-18(11-16-7-6-8-19(12-16)28-4)25-23(27)22-15(2)20-9-10-26(3)14-17(20)13-21(22)24;11-7-8-4-5-9-2-1-3-10(9)6-8;1-2/h5-8,12-13,18H,1,9-11,14H2,2-4H3,(H,25,27);1-2,4-7H,3H2;1-2H3. The highest BCUT2D eigenvalue weighted by molar-refractivity contribution is 7.98. The van der Waals surface area contributed by atoms with Crippen molar-refractivity contribution in [1.82, 2.24) is 10.2 Å². The van der Waals surface area contributed by atoms with Gasteiger partial charge in [0.25, 0.3) is 5.91 Å². The Bertz CT molecular complexity index is 1420. The quantitative estimate of drug-likeness (QED) is 0.173. The molecule has 1 unspecified atom stereocenters. The molecule has 1 aliphatic carbocycles. The number of likely N-dealkylation sites (N-methyl/N-ethyl adjacent to an activating group) is 1. The van der Waals surface area contributed by atoms with E-state index < -0.39 is 0 Å². The molecular weight excluding hydrogens is 548 g/mol. The lowest BCUT2D eigenvalue weighted by Crippen LogP contribution is -2.36. The number of aldehydes is 1. The number of benzene rings is 3. The van der Waals surface area contributed by atoms with E-state index >= 15 is 0 Å². The Labute approximate surface area is 254 Å². The molecule has 3 aromatic rings. The van der Waals surface area contributed by atoms with Crippen molar-refractivity contribution >= 4 is 41.6 Å². The van der Waals surface area contributed by atoms with Gasteiger partial charge in [-0.15, -0.1) is 18.3 Å². The van der Waals surface area contributed by atoms with E-state index in [-0.39, 0.29) is 11.9 Å². The van der Waals surface area contributed by atoms with Crippen LogP contribution in [0, 0.1) is 6.92 Å². The molecule has 41 heavy (non-hydrogen) atoms. The summed E-state index contributed by atoms with van der Waals surface area (Å²) in [7, 11) is 2.10. The van der Waals surface area contributed by atoms with Crippen LogP contribution in [0.25, 0.3) is 6.08 Å². The van der Waals surface area contributed by atoms with Crippen molar-refractivity contribution in [2.45, 2.75) is 57.5 Å². The normalized spacial score (nSPS) is 13.9. The molecule has 0 radical (unpaired) electrons. The predicted molar refractivity (Wildman–Crippen MR) is 176 cm³/mol. The fourth-order valence-corrected chi connectivity index (χ4v) is 6.01. The van der Waals surface area contributed by atoms with Crippen molar-refractivity contribution in [2.75, 3.05) is 19.8 Å². The molecule has 0 spiro atoms. The highest BCUT2D eigenvalue weighted by Crippen LogP contribution is 2.30.